The summed E-state index contributed by atoms with van der Waals surface area (Å²) in [4.78, 5) is 25.5. The van der Waals surface area contributed by atoms with Gasteiger partial charge in [-0.05, 0) is 83.5 Å². The first kappa shape index (κ1) is 61.6. The zero-order chi connectivity index (χ0) is 46.3. The lowest BCUT2D eigenvalue weighted by Gasteiger charge is -2.18. The smallest absolute Gasteiger partial charge is 0.306 e. The first-order valence-corrected chi connectivity index (χ1v) is 27.8. The van der Waals surface area contributed by atoms with Crippen molar-refractivity contribution in [3.05, 3.63) is 60.8 Å². The maximum atomic E-state index is 12.8. The Kier molecular flexibility index (Phi) is 52.9. The van der Waals surface area contributed by atoms with Crippen LogP contribution in [0.1, 0.15) is 278 Å². The van der Waals surface area contributed by atoms with Gasteiger partial charge in [-0.1, -0.05) is 242 Å². The molecule has 0 aliphatic rings. The highest BCUT2D eigenvalue weighted by Gasteiger charge is 2.17. The van der Waals surface area contributed by atoms with E-state index >= 15 is 0 Å². The van der Waals surface area contributed by atoms with Crippen LogP contribution in [0, 0.1) is 0 Å². The average Bonchev–Trinajstić information content (AvgIpc) is 3.30. The Morgan fingerprint density at radius 1 is 0.359 bits per heavy atom. The van der Waals surface area contributed by atoms with Crippen LogP contribution in [0.15, 0.2) is 60.8 Å². The lowest BCUT2D eigenvalue weighted by molar-refractivity contribution is -0.163. The maximum Gasteiger partial charge on any atom is 0.306 e. The van der Waals surface area contributed by atoms with Crippen molar-refractivity contribution in [1.29, 1.82) is 0 Å². The quantitative estimate of drug-likeness (QED) is 0.0346. The molecule has 1 atom stereocenters. The second-order valence-electron chi connectivity index (χ2n) is 18.5. The van der Waals surface area contributed by atoms with E-state index in [0.29, 0.717) is 19.4 Å². The molecule has 1 unspecified atom stereocenters. The summed E-state index contributed by atoms with van der Waals surface area (Å²) in [6.07, 6.45) is 69.5. The molecule has 0 radical (unpaired) electrons. The number of allylic oxidation sites excluding steroid dienone is 10. The van der Waals surface area contributed by atoms with Crippen LogP contribution in [0.3, 0.4) is 0 Å². The maximum absolute atomic E-state index is 12.8. The molecule has 0 rings (SSSR count). The molecule has 0 aliphatic heterocycles. The molecule has 372 valence electrons. The lowest BCUT2D eigenvalue weighted by atomic mass is 10.0. The number of carbonyl (C=O) groups excluding carboxylic acids is 2. The molecule has 0 N–H and O–H groups in total. The SMILES string of the molecule is CC/C=C\C/C=C\C/C=C\CCCCCCCC(=O)OC(COCCCCCCCCCCCCCCCC)COC(=O)CCCCCCCCCCC/C=C\C/C=C\CCCCC. The Morgan fingerprint density at radius 3 is 1.16 bits per heavy atom. The van der Waals surface area contributed by atoms with Gasteiger partial charge in [0.05, 0.1) is 6.61 Å². The fraction of sp³-hybridized carbons (Fsp3) is 0.797. The van der Waals surface area contributed by atoms with Crippen molar-refractivity contribution >= 4 is 11.9 Å². The Balaban J connectivity index is 4.26. The normalized spacial score (nSPS) is 12.6. The van der Waals surface area contributed by atoms with Crippen LogP contribution in [0.5, 0.6) is 0 Å². The molecular formula is C59H106O5. The highest BCUT2D eigenvalue weighted by molar-refractivity contribution is 5.70. The summed E-state index contributed by atoms with van der Waals surface area (Å²) in [5, 5.41) is 0. The van der Waals surface area contributed by atoms with Crippen LogP contribution >= 0.6 is 0 Å². The Morgan fingerprint density at radius 2 is 0.703 bits per heavy atom. The molecule has 0 aromatic heterocycles. The largest absolute Gasteiger partial charge is 0.462 e. The van der Waals surface area contributed by atoms with Gasteiger partial charge < -0.3 is 14.2 Å². The van der Waals surface area contributed by atoms with Gasteiger partial charge in [-0.15, -0.1) is 0 Å². The minimum absolute atomic E-state index is 0.0779. The van der Waals surface area contributed by atoms with E-state index in [4.69, 9.17) is 14.2 Å². The van der Waals surface area contributed by atoms with Crippen molar-refractivity contribution in [1.82, 2.24) is 0 Å². The monoisotopic (exact) mass is 895 g/mol. The summed E-state index contributed by atoms with van der Waals surface area (Å²) in [7, 11) is 0. The van der Waals surface area contributed by atoms with Crippen molar-refractivity contribution in [2.75, 3.05) is 19.8 Å². The summed E-state index contributed by atoms with van der Waals surface area (Å²) in [5.41, 5.74) is 0. The van der Waals surface area contributed by atoms with Gasteiger partial charge in [-0.25, -0.2) is 0 Å². The lowest BCUT2D eigenvalue weighted by Crippen LogP contribution is -2.30. The fourth-order valence-electron chi connectivity index (χ4n) is 7.91. The third-order valence-corrected chi connectivity index (χ3v) is 12.0. The van der Waals surface area contributed by atoms with Gasteiger partial charge in [0.1, 0.15) is 6.61 Å². The first-order chi connectivity index (χ1) is 31.6. The molecule has 0 saturated carbocycles. The molecule has 5 nitrogen and oxygen atoms in total. The molecular weight excluding hydrogens is 789 g/mol. The number of carbonyl (C=O) groups is 2. The summed E-state index contributed by atoms with van der Waals surface area (Å²) < 4.78 is 17.4. The van der Waals surface area contributed by atoms with Crippen molar-refractivity contribution < 1.29 is 23.8 Å². The third-order valence-electron chi connectivity index (χ3n) is 12.0. The van der Waals surface area contributed by atoms with Crippen molar-refractivity contribution in [2.45, 2.75) is 284 Å². The van der Waals surface area contributed by atoms with Crippen LogP contribution in [0.4, 0.5) is 0 Å². The fourth-order valence-corrected chi connectivity index (χ4v) is 7.91. The molecule has 0 bridgehead atoms. The van der Waals surface area contributed by atoms with Gasteiger partial charge in [0, 0.05) is 19.4 Å². The number of ether oxygens (including phenoxy) is 3. The Bertz CT molecular complexity index is 1100. The van der Waals surface area contributed by atoms with E-state index in [9.17, 15) is 9.59 Å². The van der Waals surface area contributed by atoms with Gasteiger partial charge >= 0.3 is 11.9 Å². The van der Waals surface area contributed by atoms with Crippen LogP contribution in [0.2, 0.25) is 0 Å². The second-order valence-corrected chi connectivity index (χ2v) is 18.5. The molecule has 0 aromatic rings. The standard InChI is InChI=1S/C59H106O5/c1-4-7-10-13-16-19-22-25-28-29-30-31-33-34-37-40-43-46-49-52-58(60)63-56-57(55-62-54-51-48-45-42-39-36-27-24-21-18-15-12-9-6-3)64-59(61)53-50-47-44-41-38-35-32-26-23-20-17-14-11-8-5-2/h8,11,16-17,19-20,25-26,28,32,57H,4-7,9-10,12-15,18,21-24,27,29-31,33-56H2,1-3H3/b11-8-,19-16-,20-17-,28-25-,32-26-. The number of unbranched alkanes of at least 4 members (excludes halogenated alkanes) is 30. The van der Waals surface area contributed by atoms with E-state index in [1.165, 1.54) is 167 Å². The predicted octanol–water partition coefficient (Wildman–Crippen LogP) is 18.9. The van der Waals surface area contributed by atoms with E-state index in [0.717, 1.165) is 77.0 Å². The van der Waals surface area contributed by atoms with E-state index in [1.54, 1.807) is 0 Å². The first-order valence-electron chi connectivity index (χ1n) is 27.8. The number of rotatable bonds is 51. The van der Waals surface area contributed by atoms with Gasteiger partial charge in [0.15, 0.2) is 6.10 Å². The van der Waals surface area contributed by atoms with Gasteiger partial charge in [-0.3, -0.25) is 9.59 Å². The van der Waals surface area contributed by atoms with Gasteiger partial charge in [0.25, 0.3) is 0 Å². The predicted molar refractivity (Wildman–Crippen MR) is 279 cm³/mol. The zero-order valence-corrected chi connectivity index (χ0v) is 42.8. The Hall–Kier alpha value is -2.40. The van der Waals surface area contributed by atoms with Crippen LogP contribution in [-0.2, 0) is 23.8 Å². The van der Waals surface area contributed by atoms with E-state index < -0.39 is 6.10 Å². The molecule has 64 heavy (non-hydrogen) atoms. The minimum Gasteiger partial charge on any atom is -0.462 e. The topological polar surface area (TPSA) is 61.8 Å². The zero-order valence-electron chi connectivity index (χ0n) is 42.8. The van der Waals surface area contributed by atoms with E-state index in [1.807, 2.05) is 0 Å². The summed E-state index contributed by atoms with van der Waals surface area (Å²) in [6, 6.07) is 0. The molecule has 0 aromatic carbocycles. The van der Waals surface area contributed by atoms with Crippen LogP contribution < -0.4 is 0 Å². The number of hydrogen-bond donors (Lipinski definition) is 0. The van der Waals surface area contributed by atoms with E-state index in [-0.39, 0.29) is 25.2 Å². The summed E-state index contributed by atoms with van der Waals surface area (Å²) in [6.45, 7) is 7.71. The van der Waals surface area contributed by atoms with Crippen molar-refractivity contribution in [2.24, 2.45) is 0 Å². The molecule has 0 fully saturated rings. The van der Waals surface area contributed by atoms with Crippen molar-refractivity contribution in [3.63, 3.8) is 0 Å². The molecule has 0 spiro atoms. The molecule has 0 aliphatic carbocycles. The minimum atomic E-state index is -0.546. The molecule has 0 heterocycles. The van der Waals surface area contributed by atoms with Gasteiger partial charge in [-0.2, -0.15) is 0 Å². The highest BCUT2D eigenvalue weighted by atomic mass is 16.6. The Labute approximate surface area is 398 Å². The van der Waals surface area contributed by atoms with Crippen LogP contribution in [-0.4, -0.2) is 37.9 Å². The second kappa shape index (κ2) is 54.9. The average molecular weight is 895 g/mol. The molecule has 0 amide bonds. The van der Waals surface area contributed by atoms with Crippen molar-refractivity contribution in [3.8, 4) is 0 Å². The number of hydrogen-bond acceptors (Lipinski definition) is 5. The third kappa shape index (κ3) is 52.2. The highest BCUT2D eigenvalue weighted by Crippen LogP contribution is 2.15. The van der Waals surface area contributed by atoms with Gasteiger partial charge in [0.2, 0.25) is 0 Å². The van der Waals surface area contributed by atoms with Crippen LogP contribution in [0.25, 0.3) is 0 Å². The number of esters is 2. The molecule has 0 saturated heterocycles. The summed E-state index contributed by atoms with van der Waals surface area (Å²) >= 11 is 0. The molecule has 5 heteroatoms. The summed E-state index contributed by atoms with van der Waals surface area (Å²) in [5.74, 6) is -0.410. The van der Waals surface area contributed by atoms with E-state index in [2.05, 4.69) is 81.5 Å².